The maximum Gasteiger partial charge on any atom is 0.393 e. The van der Waals surface area contributed by atoms with Gasteiger partial charge in [0.1, 0.15) is 0 Å². The summed E-state index contributed by atoms with van der Waals surface area (Å²) in [5, 5.41) is 0. The van der Waals surface area contributed by atoms with Crippen LogP contribution in [0.1, 0.15) is 18.4 Å². The van der Waals surface area contributed by atoms with E-state index >= 15 is 0 Å². The molecule has 2 nitrogen and oxygen atoms in total. The second-order valence-electron chi connectivity index (χ2n) is 4.91. The van der Waals surface area contributed by atoms with Crippen molar-refractivity contribution in [2.24, 2.45) is 5.92 Å². The van der Waals surface area contributed by atoms with Crippen LogP contribution in [-0.4, -0.2) is 30.1 Å². The third kappa shape index (κ3) is 3.85. The Kier molecular flexibility index (Phi) is 4.47. The van der Waals surface area contributed by atoms with E-state index < -0.39 is 12.1 Å². The fourth-order valence-corrected chi connectivity index (χ4v) is 2.28. The van der Waals surface area contributed by atoms with Crippen molar-refractivity contribution in [2.75, 3.05) is 13.1 Å². The van der Waals surface area contributed by atoms with Crippen LogP contribution in [0.2, 0.25) is 0 Å². The molecule has 1 heterocycles. The molecule has 0 aromatic heterocycles. The normalized spacial score (nSPS) is 20.4. The van der Waals surface area contributed by atoms with Gasteiger partial charge in [-0.3, -0.25) is 4.79 Å². The number of benzene rings is 1. The standard InChI is InChI=1S/C15H16F3NO/c16-15(17,18)13-7-4-10-19(11-13)14(20)9-8-12-5-2-1-3-6-12/h1-3,5-6,8-9,13H,4,7,10-11H2. The average molecular weight is 283 g/mol. The summed E-state index contributed by atoms with van der Waals surface area (Å²) in [6.45, 7) is 0.159. The zero-order valence-corrected chi connectivity index (χ0v) is 10.9. The summed E-state index contributed by atoms with van der Waals surface area (Å²) in [6, 6.07) is 9.20. The van der Waals surface area contributed by atoms with Gasteiger partial charge in [-0.05, 0) is 24.5 Å². The predicted molar refractivity (Wildman–Crippen MR) is 70.8 cm³/mol. The van der Waals surface area contributed by atoms with E-state index in [2.05, 4.69) is 0 Å². The van der Waals surface area contributed by atoms with Crippen molar-refractivity contribution in [3.8, 4) is 0 Å². The van der Waals surface area contributed by atoms with Crippen molar-refractivity contribution >= 4 is 12.0 Å². The molecule has 0 spiro atoms. The number of amides is 1. The lowest BCUT2D eigenvalue weighted by atomic mass is 9.97. The van der Waals surface area contributed by atoms with Crippen LogP contribution in [0.3, 0.4) is 0 Å². The molecule has 0 bridgehead atoms. The molecule has 108 valence electrons. The fourth-order valence-electron chi connectivity index (χ4n) is 2.28. The number of hydrogen-bond acceptors (Lipinski definition) is 1. The van der Waals surface area contributed by atoms with Gasteiger partial charge >= 0.3 is 6.18 Å². The van der Waals surface area contributed by atoms with Gasteiger partial charge in [-0.25, -0.2) is 0 Å². The number of hydrogen-bond donors (Lipinski definition) is 0. The van der Waals surface area contributed by atoms with Crippen LogP contribution in [0.25, 0.3) is 6.08 Å². The topological polar surface area (TPSA) is 20.3 Å². The van der Waals surface area contributed by atoms with E-state index in [4.69, 9.17) is 0 Å². The highest BCUT2D eigenvalue weighted by atomic mass is 19.4. The number of piperidine rings is 1. The Balaban J connectivity index is 1.97. The molecule has 5 heteroatoms. The Labute approximate surface area is 115 Å². The van der Waals surface area contributed by atoms with Crippen LogP contribution < -0.4 is 0 Å². The monoisotopic (exact) mass is 283 g/mol. The van der Waals surface area contributed by atoms with Crippen molar-refractivity contribution in [1.29, 1.82) is 0 Å². The van der Waals surface area contributed by atoms with E-state index in [9.17, 15) is 18.0 Å². The van der Waals surface area contributed by atoms with Crippen molar-refractivity contribution < 1.29 is 18.0 Å². The Bertz CT molecular complexity index is 482. The quantitative estimate of drug-likeness (QED) is 0.761. The van der Waals surface area contributed by atoms with E-state index in [0.717, 1.165) is 5.56 Å². The zero-order valence-electron chi connectivity index (χ0n) is 10.9. The van der Waals surface area contributed by atoms with Crippen LogP contribution in [0.5, 0.6) is 0 Å². The van der Waals surface area contributed by atoms with Gasteiger partial charge in [0.2, 0.25) is 5.91 Å². The van der Waals surface area contributed by atoms with Gasteiger partial charge in [0, 0.05) is 19.2 Å². The zero-order chi connectivity index (χ0) is 14.6. The minimum Gasteiger partial charge on any atom is -0.339 e. The van der Waals surface area contributed by atoms with Crippen molar-refractivity contribution in [1.82, 2.24) is 4.90 Å². The molecule has 1 saturated heterocycles. The molecule has 1 atom stereocenters. The molecule has 0 N–H and O–H groups in total. The van der Waals surface area contributed by atoms with Gasteiger partial charge in [0.05, 0.1) is 5.92 Å². The van der Waals surface area contributed by atoms with E-state index in [0.29, 0.717) is 13.0 Å². The maximum absolute atomic E-state index is 12.7. The van der Waals surface area contributed by atoms with Crippen molar-refractivity contribution in [3.63, 3.8) is 0 Å². The molecule has 2 rings (SSSR count). The molecule has 1 amide bonds. The SMILES string of the molecule is O=C(C=Cc1ccccc1)N1CCCC(C(F)(F)F)C1. The Morgan fingerprint density at radius 2 is 1.95 bits per heavy atom. The van der Waals surface area contributed by atoms with Crippen molar-refractivity contribution in [3.05, 3.63) is 42.0 Å². The molecule has 0 saturated carbocycles. The lowest BCUT2D eigenvalue weighted by Crippen LogP contribution is -2.44. The Morgan fingerprint density at radius 1 is 1.25 bits per heavy atom. The highest BCUT2D eigenvalue weighted by molar-refractivity contribution is 5.91. The summed E-state index contributed by atoms with van der Waals surface area (Å²) in [6.07, 6.45) is -0.750. The summed E-state index contributed by atoms with van der Waals surface area (Å²) in [4.78, 5) is 13.2. The first-order valence-electron chi connectivity index (χ1n) is 6.55. The second-order valence-corrected chi connectivity index (χ2v) is 4.91. The molecule has 0 aliphatic carbocycles. The number of nitrogens with zero attached hydrogens (tertiary/aromatic N) is 1. The molecule has 1 fully saturated rings. The molecule has 1 aliphatic heterocycles. The number of alkyl halides is 3. The smallest absolute Gasteiger partial charge is 0.339 e. The molecule has 20 heavy (non-hydrogen) atoms. The van der Waals surface area contributed by atoms with E-state index in [1.165, 1.54) is 11.0 Å². The predicted octanol–water partition coefficient (Wildman–Crippen LogP) is 3.50. The van der Waals surface area contributed by atoms with E-state index in [-0.39, 0.29) is 18.9 Å². The molecule has 1 aromatic rings. The first-order chi connectivity index (χ1) is 9.47. The number of carbonyl (C=O) groups is 1. The van der Waals surface area contributed by atoms with Crippen LogP contribution in [0.4, 0.5) is 13.2 Å². The second kappa shape index (κ2) is 6.11. The molecule has 1 aliphatic rings. The molecule has 1 aromatic carbocycles. The lowest BCUT2D eigenvalue weighted by molar-refractivity contribution is -0.187. The lowest BCUT2D eigenvalue weighted by Gasteiger charge is -2.33. The molecule has 0 radical (unpaired) electrons. The van der Waals surface area contributed by atoms with Gasteiger partial charge in [-0.2, -0.15) is 13.2 Å². The number of halogens is 3. The summed E-state index contributed by atoms with van der Waals surface area (Å²) in [5.74, 6) is -1.76. The van der Waals surface area contributed by atoms with Crippen LogP contribution in [-0.2, 0) is 4.79 Å². The fraction of sp³-hybridized carbons (Fsp3) is 0.400. The highest BCUT2D eigenvalue weighted by Gasteiger charge is 2.42. The van der Waals surface area contributed by atoms with Gasteiger partial charge in [0.25, 0.3) is 0 Å². The Hall–Kier alpha value is -1.78. The molecular formula is C15H16F3NO. The maximum atomic E-state index is 12.7. The van der Waals surface area contributed by atoms with Crippen LogP contribution in [0.15, 0.2) is 36.4 Å². The molecular weight excluding hydrogens is 267 g/mol. The first kappa shape index (κ1) is 14.6. The third-order valence-corrected chi connectivity index (χ3v) is 3.41. The number of rotatable bonds is 2. The number of carbonyl (C=O) groups excluding carboxylic acids is 1. The minimum atomic E-state index is -4.22. The van der Waals surface area contributed by atoms with Gasteiger partial charge in [0.15, 0.2) is 0 Å². The summed E-state index contributed by atoms with van der Waals surface area (Å²) in [5.41, 5.74) is 0.852. The van der Waals surface area contributed by atoms with Gasteiger partial charge in [-0.15, -0.1) is 0 Å². The van der Waals surface area contributed by atoms with Gasteiger partial charge in [-0.1, -0.05) is 30.3 Å². The first-order valence-corrected chi connectivity index (χ1v) is 6.55. The third-order valence-electron chi connectivity index (χ3n) is 3.41. The Morgan fingerprint density at radius 3 is 2.60 bits per heavy atom. The van der Waals surface area contributed by atoms with Crippen LogP contribution >= 0.6 is 0 Å². The number of likely N-dealkylation sites (tertiary alicyclic amines) is 1. The summed E-state index contributed by atoms with van der Waals surface area (Å²) < 4.78 is 38.0. The highest BCUT2D eigenvalue weighted by Crippen LogP contribution is 2.33. The van der Waals surface area contributed by atoms with E-state index in [1.807, 2.05) is 30.3 Å². The van der Waals surface area contributed by atoms with E-state index in [1.54, 1.807) is 6.08 Å². The van der Waals surface area contributed by atoms with Crippen LogP contribution in [0, 0.1) is 5.92 Å². The summed E-state index contributed by atoms with van der Waals surface area (Å²) >= 11 is 0. The average Bonchev–Trinajstić information content (AvgIpc) is 2.45. The molecule has 1 unspecified atom stereocenters. The largest absolute Gasteiger partial charge is 0.393 e. The van der Waals surface area contributed by atoms with Crippen molar-refractivity contribution in [2.45, 2.75) is 19.0 Å². The summed E-state index contributed by atoms with van der Waals surface area (Å²) in [7, 11) is 0. The minimum absolute atomic E-state index is 0.107. The van der Waals surface area contributed by atoms with Gasteiger partial charge < -0.3 is 4.90 Å².